The first-order chi connectivity index (χ1) is 5.79. The van der Waals surface area contributed by atoms with Gasteiger partial charge in [0, 0.05) is 10.6 Å². The Morgan fingerprint density at radius 3 is 2.14 bits per heavy atom. The van der Waals surface area contributed by atoms with Crippen molar-refractivity contribution in [2.75, 3.05) is 0 Å². The maximum Gasteiger partial charge on any atom is 1.00 e. The van der Waals surface area contributed by atoms with Crippen molar-refractivity contribution in [2.45, 2.75) is 13.8 Å². The van der Waals surface area contributed by atoms with E-state index in [1.807, 2.05) is 0 Å². The molecule has 1 N–H and O–H groups in total. The third-order valence-corrected chi connectivity index (χ3v) is 2.46. The zero-order valence-electron chi connectivity index (χ0n) is 8.33. The van der Waals surface area contributed by atoms with E-state index in [9.17, 15) is 17.8 Å². The minimum atomic E-state index is -4.48. The van der Waals surface area contributed by atoms with E-state index in [-0.39, 0.29) is 35.3 Å². The molecule has 0 aromatic heterocycles. The van der Waals surface area contributed by atoms with Crippen LogP contribution in [-0.2, 0) is 14.9 Å². The number of allylic oxidation sites excluding steroid dienone is 2. The van der Waals surface area contributed by atoms with Crippen molar-refractivity contribution in [3.63, 3.8) is 0 Å². The third-order valence-electron chi connectivity index (χ3n) is 1.40. The van der Waals surface area contributed by atoms with Gasteiger partial charge in [-0.25, -0.2) is 8.42 Å². The van der Waals surface area contributed by atoms with E-state index in [0.717, 1.165) is 13.0 Å². The van der Waals surface area contributed by atoms with Crippen LogP contribution in [0.15, 0.2) is 23.3 Å². The van der Waals surface area contributed by atoms with Crippen molar-refractivity contribution in [1.82, 2.24) is 5.32 Å². The zero-order valence-corrected chi connectivity index (χ0v) is 11.1. The Kier molecular flexibility index (Phi) is 7.41. The predicted octanol–water partition coefficient (Wildman–Crippen LogP) is -2.91. The summed E-state index contributed by atoms with van der Waals surface area (Å²) in [5.74, 6) is -0.555. The van der Waals surface area contributed by atoms with Crippen molar-refractivity contribution in [1.29, 1.82) is 0 Å². The van der Waals surface area contributed by atoms with E-state index in [0.29, 0.717) is 0 Å². The number of rotatable bonds is 3. The van der Waals surface area contributed by atoms with Crippen LogP contribution in [0, 0.1) is 0 Å². The van der Waals surface area contributed by atoms with Crippen molar-refractivity contribution < 1.29 is 47.3 Å². The maximum absolute atomic E-state index is 10.7. The molecule has 0 aromatic rings. The molecule has 0 saturated carbocycles. The van der Waals surface area contributed by atoms with Crippen LogP contribution in [0.4, 0.5) is 0 Å². The molecule has 5 nitrogen and oxygen atoms in total. The third kappa shape index (κ3) is 5.56. The molecule has 0 spiro atoms. The van der Waals surface area contributed by atoms with E-state index < -0.39 is 20.9 Å². The van der Waals surface area contributed by atoms with Crippen LogP contribution in [0.3, 0.4) is 0 Å². The van der Waals surface area contributed by atoms with Gasteiger partial charge in [-0.15, -0.1) is 0 Å². The van der Waals surface area contributed by atoms with Gasteiger partial charge in [0.15, 0.2) is 0 Å². The average Bonchev–Trinajstić information content (AvgIpc) is 2.01. The zero-order chi connectivity index (χ0) is 10.6. The molecule has 0 heterocycles. The van der Waals surface area contributed by atoms with E-state index in [1.54, 1.807) is 0 Å². The molecule has 0 aliphatic heterocycles. The number of hydrogen-bond donors (Lipinski definition) is 1. The molecule has 0 rings (SSSR count). The normalized spacial score (nSPS) is 12.2. The quantitative estimate of drug-likeness (QED) is 0.318. The SMILES string of the molecule is C=CC(=O)NC(C)=C(C)S(=O)(=O)[O-].[Na+]. The Labute approximate surface area is 105 Å². The van der Waals surface area contributed by atoms with Gasteiger partial charge in [-0.1, -0.05) is 6.58 Å². The fourth-order valence-electron chi connectivity index (χ4n) is 0.511. The summed E-state index contributed by atoms with van der Waals surface area (Å²) in [5.41, 5.74) is 0.0138. The summed E-state index contributed by atoms with van der Waals surface area (Å²) in [7, 11) is -4.48. The molecule has 0 unspecified atom stereocenters. The molecule has 0 fully saturated rings. The molecule has 7 heteroatoms. The first-order valence-corrected chi connectivity index (χ1v) is 4.76. The molecule has 0 aromatic carbocycles. The van der Waals surface area contributed by atoms with Gasteiger partial charge in [-0.3, -0.25) is 4.79 Å². The predicted molar refractivity (Wildman–Crippen MR) is 46.4 cm³/mol. The number of amides is 1. The second-order valence-electron chi connectivity index (χ2n) is 2.33. The Balaban J connectivity index is 0. The summed E-state index contributed by atoms with van der Waals surface area (Å²) in [6.07, 6.45) is 0.980. The Morgan fingerprint density at radius 1 is 1.43 bits per heavy atom. The summed E-state index contributed by atoms with van der Waals surface area (Å²) in [6, 6.07) is 0. The summed E-state index contributed by atoms with van der Waals surface area (Å²) in [5, 5.41) is 2.18. The van der Waals surface area contributed by atoms with Gasteiger partial charge in [0.1, 0.15) is 10.1 Å². The molecule has 0 aliphatic carbocycles. The largest absolute Gasteiger partial charge is 1.00 e. The Hall–Kier alpha value is -0.140. The van der Waals surface area contributed by atoms with E-state index in [4.69, 9.17) is 0 Å². The summed E-state index contributed by atoms with van der Waals surface area (Å²) < 4.78 is 31.4. The van der Waals surface area contributed by atoms with Gasteiger partial charge in [0.2, 0.25) is 5.91 Å². The topological polar surface area (TPSA) is 86.3 Å². The molecule has 0 saturated heterocycles. The van der Waals surface area contributed by atoms with Crippen LogP contribution in [0.25, 0.3) is 0 Å². The van der Waals surface area contributed by atoms with Crippen LogP contribution in [0.1, 0.15) is 13.8 Å². The van der Waals surface area contributed by atoms with Crippen molar-refractivity contribution in [3.8, 4) is 0 Å². The first-order valence-electron chi connectivity index (χ1n) is 3.36. The van der Waals surface area contributed by atoms with E-state index >= 15 is 0 Å². The van der Waals surface area contributed by atoms with E-state index in [2.05, 4.69) is 11.9 Å². The minimum Gasteiger partial charge on any atom is -0.744 e. The summed E-state index contributed by atoms with van der Waals surface area (Å²) >= 11 is 0. The van der Waals surface area contributed by atoms with Crippen molar-refractivity contribution >= 4 is 16.0 Å². The molecule has 14 heavy (non-hydrogen) atoms. The second-order valence-corrected chi connectivity index (χ2v) is 3.85. The fraction of sp³-hybridized carbons (Fsp3) is 0.286. The standard InChI is InChI=1S/C7H11NO4S.Na/c1-4-7(9)8-5(2)6(3)13(10,11)12;/h4H,1H2,2-3H3,(H,8,9)(H,10,11,12);/q;+1/p-1. The van der Waals surface area contributed by atoms with Crippen LogP contribution < -0.4 is 34.9 Å². The number of carbonyl (C=O) groups excluding carboxylic acids is 1. The molecule has 0 bridgehead atoms. The Morgan fingerprint density at radius 2 is 1.86 bits per heavy atom. The molecule has 1 amide bonds. The van der Waals surface area contributed by atoms with Crippen LogP contribution in [0.2, 0.25) is 0 Å². The first kappa shape index (κ1) is 16.3. The van der Waals surface area contributed by atoms with Gasteiger partial charge in [0.05, 0.1) is 0 Å². The van der Waals surface area contributed by atoms with Gasteiger partial charge >= 0.3 is 29.6 Å². The van der Waals surface area contributed by atoms with Gasteiger partial charge < -0.3 is 9.87 Å². The molecule has 0 radical (unpaired) electrons. The monoisotopic (exact) mass is 227 g/mol. The number of carbonyl (C=O) groups is 1. The molecular formula is C7H10NNaO4S. The summed E-state index contributed by atoms with van der Waals surface area (Å²) in [6.45, 7) is 5.62. The van der Waals surface area contributed by atoms with Crippen molar-refractivity contribution in [3.05, 3.63) is 23.3 Å². The molecule has 74 valence electrons. The smallest absolute Gasteiger partial charge is 0.744 e. The van der Waals surface area contributed by atoms with Gasteiger partial charge in [0.25, 0.3) is 0 Å². The fourth-order valence-corrected chi connectivity index (χ4v) is 0.937. The molecular weight excluding hydrogens is 217 g/mol. The van der Waals surface area contributed by atoms with Crippen LogP contribution >= 0.6 is 0 Å². The van der Waals surface area contributed by atoms with Crippen molar-refractivity contribution in [2.24, 2.45) is 0 Å². The number of nitrogens with one attached hydrogen (secondary N) is 1. The summed E-state index contributed by atoms with van der Waals surface area (Å²) in [4.78, 5) is 10.3. The van der Waals surface area contributed by atoms with Gasteiger partial charge in [-0.05, 0) is 19.9 Å². The molecule has 0 aliphatic rings. The second kappa shape index (κ2) is 6.36. The Bertz CT molecular complexity index is 358. The minimum absolute atomic E-state index is 0. The van der Waals surface area contributed by atoms with Crippen LogP contribution in [-0.4, -0.2) is 18.9 Å². The average molecular weight is 227 g/mol. The van der Waals surface area contributed by atoms with E-state index in [1.165, 1.54) is 6.92 Å². The number of hydrogen-bond acceptors (Lipinski definition) is 4. The maximum atomic E-state index is 10.7. The van der Waals surface area contributed by atoms with Gasteiger partial charge in [-0.2, -0.15) is 0 Å². The van der Waals surface area contributed by atoms with Crippen LogP contribution in [0.5, 0.6) is 0 Å². The molecule has 0 atom stereocenters.